The highest BCUT2D eigenvalue weighted by atomic mass is 79.9. The zero-order valence-electron chi connectivity index (χ0n) is 9.89. The van der Waals surface area contributed by atoms with Crippen LogP contribution in [0.25, 0.3) is 0 Å². The Hall–Kier alpha value is -1.94. The Morgan fingerprint density at radius 3 is 2.30 bits per heavy atom. The van der Waals surface area contributed by atoms with Crippen molar-refractivity contribution in [3.05, 3.63) is 57.6 Å². The van der Waals surface area contributed by atoms with Crippen LogP contribution in [0, 0.1) is 17.1 Å². The lowest BCUT2D eigenvalue weighted by molar-refractivity contribution is 0.144. The topological polar surface area (TPSA) is 49.6 Å². The van der Waals surface area contributed by atoms with E-state index in [0.717, 1.165) is 6.07 Å². The molecule has 0 aliphatic rings. The SMILES string of the molecule is N#CC(c1ccc(C(F)F)nn1)c1cc(Br)ccc1F. The lowest BCUT2D eigenvalue weighted by Gasteiger charge is -2.10. The molecular formula is C13H7BrF3N3. The van der Waals surface area contributed by atoms with Crippen LogP contribution >= 0.6 is 15.9 Å². The minimum absolute atomic E-state index is 0.112. The second-order valence-corrected chi connectivity index (χ2v) is 4.83. The Bertz CT molecular complexity index is 653. The van der Waals surface area contributed by atoms with Crippen molar-refractivity contribution in [3.8, 4) is 6.07 Å². The molecule has 0 spiro atoms. The summed E-state index contributed by atoms with van der Waals surface area (Å²) in [6.07, 6.45) is -2.74. The second-order valence-electron chi connectivity index (χ2n) is 3.91. The largest absolute Gasteiger partial charge is 0.282 e. The maximum absolute atomic E-state index is 13.8. The summed E-state index contributed by atoms with van der Waals surface area (Å²) < 4.78 is 39.1. The molecule has 0 aliphatic carbocycles. The summed E-state index contributed by atoms with van der Waals surface area (Å²) in [7, 11) is 0. The zero-order valence-corrected chi connectivity index (χ0v) is 11.5. The summed E-state index contributed by atoms with van der Waals surface area (Å²) >= 11 is 3.19. The highest BCUT2D eigenvalue weighted by Gasteiger charge is 2.20. The van der Waals surface area contributed by atoms with E-state index in [9.17, 15) is 18.4 Å². The first-order valence-electron chi connectivity index (χ1n) is 5.49. The monoisotopic (exact) mass is 341 g/mol. The Morgan fingerprint density at radius 1 is 1.10 bits per heavy atom. The smallest absolute Gasteiger partial charge is 0.207 e. The second kappa shape index (κ2) is 6.01. The first kappa shape index (κ1) is 14.5. The van der Waals surface area contributed by atoms with Gasteiger partial charge >= 0.3 is 0 Å². The summed E-state index contributed by atoms with van der Waals surface area (Å²) in [4.78, 5) is 0. The van der Waals surface area contributed by atoms with E-state index in [1.807, 2.05) is 6.07 Å². The maximum atomic E-state index is 13.8. The Kier molecular flexibility index (Phi) is 4.35. The van der Waals surface area contributed by atoms with Gasteiger partial charge in [-0.25, -0.2) is 13.2 Å². The van der Waals surface area contributed by atoms with E-state index in [4.69, 9.17) is 0 Å². The molecule has 1 unspecified atom stereocenters. The molecule has 1 aromatic heterocycles. The number of alkyl halides is 2. The number of nitrogens with zero attached hydrogens (tertiary/aromatic N) is 3. The van der Waals surface area contributed by atoms with Gasteiger partial charge < -0.3 is 0 Å². The minimum atomic E-state index is -2.74. The Morgan fingerprint density at radius 2 is 1.75 bits per heavy atom. The van der Waals surface area contributed by atoms with Crippen LogP contribution in [0.5, 0.6) is 0 Å². The van der Waals surface area contributed by atoms with Gasteiger partial charge in [0.15, 0.2) is 0 Å². The lowest BCUT2D eigenvalue weighted by atomic mass is 9.96. The van der Waals surface area contributed by atoms with Crippen LogP contribution in [0.4, 0.5) is 13.2 Å². The number of benzene rings is 1. The van der Waals surface area contributed by atoms with Crippen molar-refractivity contribution >= 4 is 15.9 Å². The van der Waals surface area contributed by atoms with Crippen molar-refractivity contribution in [3.63, 3.8) is 0 Å². The molecule has 0 N–H and O–H groups in total. The van der Waals surface area contributed by atoms with Gasteiger partial charge in [0.05, 0.1) is 11.8 Å². The fraction of sp³-hybridized carbons (Fsp3) is 0.154. The fourth-order valence-electron chi connectivity index (χ4n) is 1.65. The van der Waals surface area contributed by atoms with Crippen molar-refractivity contribution in [1.29, 1.82) is 5.26 Å². The van der Waals surface area contributed by atoms with Gasteiger partial charge in [0, 0.05) is 10.0 Å². The van der Waals surface area contributed by atoms with Gasteiger partial charge in [-0.3, -0.25) is 0 Å². The first-order valence-corrected chi connectivity index (χ1v) is 6.28. The van der Waals surface area contributed by atoms with E-state index < -0.39 is 23.9 Å². The number of halogens is 4. The van der Waals surface area contributed by atoms with Crippen molar-refractivity contribution in [2.75, 3.05) is 0 Å². The van der Waals surface area contributed by atoms with Gasteiger partial charge in [-0.15, -0.1) is 5.10 Å². The van der Waals surface area contributed by atoms with Gasteiger partial charge in [0.25, 0.3) is 6.43 Å². The number of nitriles is 1. The molecule has 0 aliphatic heterocycles. The summed E-state index contributed by atoms with van der Waals surface area (Å²) in [5, 5.41) is 16.1. The van der Waals surface area contributed by atoms with E-state index in [0.29, 0.717) is 4.47 Å². The average Bonchev–Trinajstić information content (AvgIpc) is 2.44. The lowest BCUT2D eigenvalue weighted by Crippen LogP contribution is -2.06. The molecule has 0 radical (unpaired) electrons. The standard InChI is InChI=1S/C13H7BrF3N3/c14-7-1-2-10(15)8(5-7)9(6-18)11-3-4-12(13(16)17)20-19-11/h1-5,9,13H. The molecule has 2 aromatic rings. The van der Waals surface area contributed by atoms with Crippen molar-refractivity contribution < 1.29 is 13.2 Å². The fourth-order valence-corrected chi connectivity index (χ4v) is 2.03. The van der Waals surface area contributed by atoms with E-state index >= 15 is 0 Å². The first-order chi connectivity index (χ1) is 9.52. The molecule has 1 aromatic carbocycles. The highest BCUT2D eigenvalue weighted by molar-refractivity contribution is 9.10. The quantitative estimate of drug-likeness (QED) is 0.848. The third-order valence-corrected chi connectivity index (χ3v) is 3.12. The number of hydrogen-bond acceptors (Lipinski definition) is 3. The Balaban J connectivity index is 2.42. The molecule has 1 heterocycles. The average molecular weight is 342 g/mol. The van der Waals surface area contributed by atoms with Gasteiger partial charge in [-0.2, -0.15) is 10.4 Å². The molecular weight excluding hydrogens is 335 g/mol. The van der Waals surface area contributed by atoms with Crippen LogP contribution in [0.15, 0.2) is 34.8 Å². The van der Waals surface area contributed by atoms with Crippen LogP contribution in [-0.4, -0.2) is 10.2 Å². The highest BCUT2D eigenvalue weighted by Crippen LogP contribution is 2.28. The zero-order chi connectivity index (χ0) is 14.7. The number of aromatic nitrogens is 2. The molecule has 2 rings (SSSR count). The molecule has 7 heteroatoms. The van der Waals surface area contributed by atoms with Gasteiger partial charge in [0.1, 0.15) is 17.4 Å². The van der Waals surface area contributed by atoms with Crippen molar-refractivity contribution in [2.45, 2.75) is 12.3 Å². The number of hydrogen-bond donors (Lipinski definition) is 0. The maximum Gasteiger partial charge on any atom is 0.282 e. The predicted molar refractivity (Wildman–Crippen MR) is 68.5 cm³/mol. The van der Waals surface area contributed by atoms with Crippen molar-refractivity contribution in [1.82, 2.24) is 10.2 Å². The third-order valence-electron chi connectivity index (χ3n) is 2.62. The normalized spacial score (nSPS) is 12.2. The molecule has 1 atom stereocenters. The molecule has 0 saturated heterocycles. The van der Waals surface area contributed by atoms with E-state index in [1.165, 1.54) is 24.3 Å². The number of rotatable bonds is 3. The summed E-state index contributed by atoms with van der Waals surface area (Å²) in [5.41, 5.74) is -0.255. The molecule has 20 heavy (non-hydrogen) atoms. The van der Waals surface area contributed by atoms with Crippen LogP contribution in [0.1, 0.15) is 29.3 Å². The molecule has 102 valence electrons. The third kappa shape index (κ3) is 2.96. The van der Waals surface area contributed by atoms with Gasteiger partial charge in [-0.1, -0.05) is 15.9 Å². The van der Waals surface area contributed by atoms with E-state index in [2.05, 4.69) is 26.1 Å². The van der Waals surface area contributed by atoms with Crippen molar-refractivity contribution in [2.24, 2.45) is 0 Å². The summed E-state index contributed by atoms with van der Waals surface area (Å²) in [6, 6.07) is 8.39. The molecule has 0 bridgehead atoms. The van der Waals surface area contributed by atoms with Crippen LogP contribution < -0.4 is 0 Å². The van der Waals surface area contributed by atoms with Crippen LogP contribution in [0.3, 0.4) is 0 Å². The predicted octanol–water partition coefficient (Wildman–Crippen LogP) is 3.97. The molecule has 0 amide bonds. The van der Waals surface area contributed by atoms with E-state index in [-0.39, 0.29) is 11.3 Å². The molecule has 3 nitrogen and oxygen atoms in total. The summed E-state index contributed by atoms with van der Waals surface area (Å²) in [6.45, 7) is 0. The van der Waals surface area contributed by atoms with Crippen LogP contribution in [-0.2, 0) is 0 Å². The molecule has 0 saturated carbocycles. The van der Waals surface area contributed by atoms with E-state index in [1.54, 1.807) is 0 Å². The molecule has 0 fully saturated rings. The summed E-state index contributed by atoms with van der Waals surface area (Å²) in [5.74, 6) is -1.58. The van der Waals surface area contributed by atoms with Crippen LogP contribution in [0.2, 0.25) is 0 Å². The Labute approximate surface area is 121 Å². The van der Waals surface area contributed by atoms with Gasteiger partial charge in [0.2, 0.25) is 0 Å². The van der Waals surface area contributed by atoms with Gasteiger partial charge in [-0.05, 0) is 30.3 Å². The minimum Gasteiger partial charge on any atom is -0.207 e.